The van der Waals surface area contributed by atoms with Crippen LogP contribution in [-0.4, -0.2) is 49.3 Å². The average Bonchev–Trinajstić information content (AvgIpc) is 2.96. The van der Waals surface area contributed by atoms with Crippen molar-refractivity contribution in [2.24, 2.45) is 0 Å². The van der Waals surface area contributed by atoms with Crippen LogP contribution in [0.5, 0.6) is 0 Å². The molecule has 1 aliphatic rings. The van der Waals surface area contributed by atoms with Crippen LogP contribution in [0, 0.1) is 0 Å². The quantitative estimate of drug-likeness (QED) is 0.831. The Morgan fingerprint density at radius 1 is 1.38 bits per heavy atom. The van der Waals surface area contributed by atoms with E-state index in [-0.39, 0.29) is 22.9 Å². The molecule has 1 atom stereocenters. The SMILES string of the molecule is CNC(=O)[C@H]1CCCN1S(=O)(=O)c1cccc(C(=O)O)c1. The third kappa shape index (κ3) is 2.91. The molecule has 0 aromatic heterocycles. The number of nitrogens with one attached hydrogen (secondary N) is 1. The maximum atomic E-state index is 12.6. The third-order valence-corrected chi connectivity index (χ3v) is 5.34. The van der Waals surface area contributed by atoms with Gasteiger partial charge in [0.15, 0.2) is 0 Å². The lowest BCUT2D eigenvalue weighted by Crippen LogP contribution is -2.44. The van der Waals surface area contributed by atoms with Crippen LogP contribution in [0.15, 0.2) is 29.2 Å². The van der Waals surface area contributed by atoms with Crippen molar-refractivity contribution in [3.8, 4) is 0 Å². The summed E-state index contributed by atoms with van der Waals surface area (Å²) >= 11 is 0. The van der Waals surface area contributed by atoms with Gasteiger partial charge in [0.25, 0.3) is 0 Å². The molecule has 0 radical (unpaired) electrons. The van der Waals surface area contributed by atoms with Crippen molar-refractivity contribution in [2.45, 2.75) is 23.8 Å². The molecule has 0 unspecified atom stereocenters. The summed E-state index contributed by atoms with van der Waals surface area (Å²) in [6.45, 7) is 0.248. The molecule has 1 aliphatic heterocycles. The molecule has 1 amide bonds. The van der Waals surface area contributed by atoms with E-state index in [1.54, 1.807) is 0 Å². The number of nitrogens with zero attached hydrogens (tertiary/aromatic N) is 1. The topological polar surface area (TPSA) is 104 Å². The van der Waals surface area contributed by atoms with Crippen molar-refractivity contribution in [3.05, 3.63) is 29.8 Å². The summed E-state index contributed by atoms with van der Waals surface area (Å²) in [6.07, 6.45) is 1.05. The number of carboxylic acid groups (broad SMARTS) is 1. The number of hydrogen-bond acceptors (Lipinski definition) is 4. The molecule has 8 heteroatoms. The second-order valence-corrected chi connectivity index (χ2v) is 6.61. The first kappa shape index (κ1) is 15.5. The molecule has 0 bridgehead atoms. The second-order valence-electron chi connectivity index (χ2n) is 4.72. The fraction of sp³-hybridized carbons (Fsp3) is 0.385. The number of hydrogen-bond donors (Lipinski definition) is 2. The van der Waals surface area contributed by atoms with E-state index in [0.717, 1.165) is 10.4 Å². The number of rotatable bonds is 4. The van der Waals surface area contributed by atoms with Crippen molar-refractivity contribution in [2.75, 3.05) is 13.6 Å². The molecular weight excluding hydrogens is 296 g/mol. The van der Waals surface area contributed by atoms with Crippen molar-refractivity contribution in [1.29, 1.82) is 0 Å². The lowest BCUT2D eigenvalue weighted by atomic mass is 10.2. The molecule has 0 saturated carbocycles. The maximum absolute atomic E-state index is 12.6. The number of benzene rings is 1. The smallest absolute Gasteiger partial charge is 0.335 e. The molecule has 7 nitrogen and oxygen atoms in total. The van der Waals surface area contributed by atoms with Gasteiger partial charge in [-0.3, -0.25) is 4.79 Å². The van der Waals surface area contributed by atoms with E-state index in [1.165, 1.54) is 25.2 Å². The van der Waals surface area contributed by atoms with E-state index in [9.17, 15) is 18.0 Å². The van der Waals surface area contributed by atoms with Crippen molar-refractivity contribution in [3.63, 3.8) is 0 Å². The van der Waals surface area contributed by atoms with E-state index in [4.69, 9.17) is 5.11 Å². The van der Waals surface area contributed by atoms with Crippen LogP contribution >= 0.6 is 0 Å². The summed E-state index contributed by atoms with van der Waals surface area (Å²) in [5.74, 6) is -1.55. The lowest BCUT2D eigenvalue weighted by molar-refractivity contribution is -0.123. The number of likely N-dealkylation sites (N-methyl/N-ethyl adjacent to an activating group) is 1. The fourth-order valence-electron chi connectivity index (χ4n) is 2.38. The van der Waals surface area contributed by atoms with Crippen LogP contribution in [0.4, 0.5) is 0 Å². The zero-order chi connectivity index (χ0) is 15.6. The molecule has 21 heavy (non-hydrogen) atoms. The summed E-state index contributed by atoms with van der Waals surface area (Å²) in [4.78, 5) is 22.6. The molecule has 1 aromatic carbocycles. The molecular formula is C13H16N2O5S. The molecule has 114 valence electrons. The highest BCUT2D eigenvalue weighted by atomic mass is 32.2. The summed E-state index contributed by atoms with van der Waals surface area (Å²) < 4.78 is 26.3. The van der Waals surface area contributed by atoms with E-state index < -0.39 is 22.0 Å². The summed E-state index contributed by atoms with van der Waals surface area (Å²) in [5, 5.41) is 11.4. The predicted octanol–water partition coefficient (Wildman–Crippen LogP) is 0.284. The van der Waals surface area contributed by atoms with Crippen LogP contribution in [-0.2, 0) is 14.8 Å². The third-order valence-electron chi connectivity index (χ3n) is 3.44. The van der Waals surface area contributed by atoms with Gasteiger partial charge in [0, 0.05) is 13.6 Å². The van der Waals surface area contributed by atoms with Gasteiger partial charge in [-0.25, -0.2) is 13.2 Å². The zero-order valence-electron chi connectivity index (χ0n) is 11.4. The fourth-order valence-corrected chi connectivity index (χ4v) is 4.08. The van der Waals surface area contributed by atoms with E-state index in [1.807, 2.05) is 0 Å². The molecule has 0 aliphatic carbocycles. The Labute approximate surface area is 122 Å². The lowest BCUT2D eigenvalue weighted by Gasteiger charge is -2.22. The molecule has 0 spiro atoms. The van der Waals surface area contributed by atoms with E-state index in [0.29, 0.717) is 12.8 Å². The summed E-state index contributed by atoms with van der Waals surface area (Å²) in [7, 11) is -2.43. The monoisotopic (exact) mass is 312 g/mol. The van der Waals surface area contributed by atoms with Gasteiger partial charge in [-0.2, -0.15) is 4.31 Å². The summed E-state index contributed by atoms with van der Waals surface area (Å²) in [6, 6.07) is 4.40. The Hall–Kier alpha value is -1.93. The number of carbonyl (C=O) groups is 2. The van der Waals surface area contributed by atoms with Gasteiger partial charge in [0.2, 0.25) is 15.9 Å². The van der Waals surface area contributed by atoms with Crippen LogP contribution in [0.25, 0.3) is 0 Å². The Kier molecular flexibility index (Phi) is 4.29. The van der Waals surface area contributed by atoms with Crippen molar-refractivity contribution in [1.82, 2.24) is 9.62 Å². The number of carbonyl (C=O) groups excluding carboxylic acids is 1. The first-order chi connectivity index (χ1) is 9.87. The van der Waals surface area contributed by atoms with Crippen molar-refractivity contribution >= 4 is 21.9 Å². The first-order valence-electron chi connectivity index (χ1n) is 6.44. The predicted molar refractivity (Wildman–Crippen MR) is 74.4 cm³/mol. The van der Waals surface area contributed by atoms with Gasteiger partial charge in [-0.1, -0.05) is 6.07 Å². The van der Waals surface area contributed by atoms with E-state index >= 15 is 0 Å². The Morgan fingerprint density at radius 2 is 2.10 bits per heavy atom. The Bertz CT molecular complexity index is 671. The van der Waals surface area contributed by atoms with Gasteiger partial charge in [-0.05, 0) is 31.0 Å². The number of amides is 1. The number of sulfonamides is 1. The van der Waals surface area contributed by atoms with Crippen LogP contribution < -0.4 is 5.32 Å². The molecule has 1 heterocycles. The van der Waals surface area contributed by atoms with Gasteiger partial charge in [0.05, 0.1) is 10.5 Å². The highest BCUT2D eigenvalue weighted by Gasteiger charge is 2.39. The largest absolute Gasteiger partial charge is 0.478 e. The number of carboxylic acids is 1. The summed E-state index contributed by atoms with van der Waals surface area (Å²) in [5.41, 5.74) is -0.105. The van der Waals surface area contributed by atoms with E-state index in [2.05, 4.69) is 5.32 Å². The Morgan fingerprint density at radius 3 is 2.71 bits per heavy atom. The maximum Gasteiger partial charge on any atom is 0.335 e. The van der Waals surface area contributed by atoms with Gasteiger partial charge in [0.1, 0.15) is 6.04 Å². The van der Waals surface area contributed by atoms with Crippen molar-refractivity contribution < 1.29 is 23.1 Å². The standard InChI is InChI=1S/C13H16N2O5S/c1-14-12(16)11-6-3-7-15(11)21(19,20)10-5-2-4-9(8-10)13(17)18/h2,4-5,8,11H,3,6-7H2,1H3,(H,14,16)(H,17,18)/t11-/m1/s1. The molecule has 1 aromatic rings. The van der Waals surface area contributed by atoms with Gasteiger partial charge in [-0.15, -0.1) is 0 Å². The average molecular weight is 312 g/mol. The highest BCUT2D eigenvalue weighted by molar-refractivity contribution is 7.89. The highest BCUT2D eigenvalue weighted by Crippen LogP contribution is 2.26. The van der Waals surface area contributed by atoms with Crippen LogP contribution in [0.2, 0.25) is 0 Å². The van der Waals surface area contributed by atoms with Crippen LogP contribution in [0.3, 0.4) is 0 Å². The minimum atomic E-state index is -3.89. The normalized spacial score (nSPS) is 19.4. The Balaban J connectivity index is 2.40. The minimum absolute atomic E-state index is 0.105. The first-order valence-corrected chi connectivity index (χ1v) is 7.88. The molecule has 1 saturated heterocycles. The second kappa shape index (κ2) is 5.82. The zero-order valence-corrected chi connectivity index (χ0v) is 12.3. The minimum Gasteiger partial charge on any atom is -0.478 e. The van der Waals surface area contributed by atoms with Gasteiger partial charge < -0.3 is 10.4 Å². The molecule has 2 N–H and O–H groups in total. The van der Waals surface area contributed by atoms with Gasteiger partial charge >= 0.3 is 5.97 Å². The van der Waals surface area contributed by atoms with Crippen LogP contribution in [0.1, 0.15) is 23.2 Å². The number of aromatic carboxylic acids is 1. The molecule has 1 fully saturated rings. The molecule has 2 rings (SSSR count).